The highest BCUT2D eigenvalue weighted by Crippen LogP contribution is 2.23. The lowest BCUT2D eigenvalue weighted by molar-refractivity contribution is 0.108. The fourth-order valence-electron chi connectivity index (χ4n) is 2.77. The van der Waals surface area contributed by atoms with Crippen LogP contribution in [0.1, 0.15) is 38.2 Å². The van der Waals surface area contributed by atoms with E-state index >= 15 is 0 Å². The fourth-order valence-corrected chi connectivity index (χ4v) is 2.96. The first-order valence-electron chi connectivity index (χ1n) is 8.22. The van der Waals surface area contributed by atoms with Crippen molar-refractivity contribution in [3.8, 4) is 5.75 Å². The molecule has 0 bridgehead atoms. The first-order valence-corrected chi connectivity index (χ1v) is 8.60. The van der Waals surface area contributed by atoms with Crippen LogP contribution >= 0.6 is 11.6 Å². The molecule has 6 heteroatoms. The van der Waals surface area contributed by atoms with Crippen molar-refractivity contribution < 1.29 is 14.6 Å². The monoisotopic (exact) mass is 340 g/mol. The molecule has 0 aromatic heterocycles. The van der Waals surface area contributed by atoms with Crippen molar-refractivity contribution in [2.75, 3.05) is 19.8 Å². The fraction of sp³-hybridized carbons (Fsp3) is 0.588. The Hall–Kier alpha value is -1.46. The Bertz CT molecular complexity index is 525. The quantitative estimate of drug-likeness (QED) is 0.836. The van der Waals surface area contributed by atoms with Gasteiger partial charge in [-0.1, -0.05) is 18.5 Å². The average Bonchev–Trinajstić information content (AvgIpc) is 2.58. The van der Waals surface area contributed by atoms with Gasteiger partial charge in [0.2, 0.25) is 0 Å². The second kappa shape index (κ2) is 8.99. The van der Waals surface area contributed by atoms with Crippen LogP contribution < -0.4 is 10.1 Å². The van der Waals surface area contributed by atoms with E-state index in [0.717, 1.165) is 37.0 Å². The van der Waals surface area contributed by atoms with Crippen molar-refractivity contribution in [2.45, 2.75) is 45.2 Å². The van der Waals surface area contributed by atoms with Gasteiger partial charge in [-0.05, 0) is 43.9 Å². The molecule has 1 saturated heterocycles. The third-order valence-corrected chi connectivity index (χ3v) is 4.25. The molecule has 2 N–H and O–H groups in total. The number of amides is 2. The third-order valence-electron chi connectivity index (χ3n) is 4.01. The number of aliphatic hydroxyl groups is 1. The van der Waals surface area contributed by atoms with Crippen LogP contribution in [0.3, 0.4) is 0 Å². The van der Waals surface area contributed by atoms with Crippen LogP contribution in [-0.4, -0.2) is 41.8 Å². The van der Waals surface area contributed by atoms with E-state index in [1.807, 2.05) is 19.1 Å². The molecule has 1 aromatic carbocycles. The Balaban J connectivity index is 1.99. The number of rotatable bonds is 6. The molecule has 1 fully saturated rings. The van der Waals surface area contributed by atoms with Crippen LogP contribution in [0.2, 0.25) is 5.02 Å². The topological polar surface area (TPSA) is 61.8 Å². The maximum Gasteiger partial charge on any atom is 0.317 e. The summed E-state index contributed by atoms with van der Waals surface area (Å²) in [5.41, 5.74) is 0.858. The number of hydrogen-bond acceptors (Lipinski definition) is 3. The number of carbonyl (C=O) groups excluding carboxylic acids is 1. The summed E-state index contributed by atoms with van der Waals surface area (Å²) >= 11 is 6.05. The number of ether oxygens (including phenoxy) is 1. The van der Waals surface area contributed by atoms with Crippen LogP contribution in [0.15, 0.2) is 18.2 Å². The van der Waals surface area contributed by atoms with Crippen LogP contribution in [0.5, 0.6) is 5.75 Å². The molecule has 0 unspecified atom stereocenters. The van der Waals surface area contributed by atoms with Crippen molar-refractivity contribution in [1.82, 2.24) is 10.2 Å². The van der Waals surface area contributed by atoms with Crippen LogP contribution in [0.25, 0.3) is 0 Å². The van der Waals surface area contributed by atoms with Crippen molar-refractivity contribution >= 4 is 17.6 Å². The molecule has 1 aromatic rings. The van der Waals surface area contributed by atoms with E-state index in [2.05, 4.69) is 5.32 Å². The minimum absolute atomic E-state index is 0.00937. The molecule has 2 amide bonds. The number of halogens is 1. The zero-order valence-corrected chi connectivity index (χ0v) is 14.3. The van der Waals surface area contributed by atoms with Gasteiger partial charge >= 0.3 is 6.03 Å². The second-order valence-electron chi connectivity index (χ2n) is 5.78. The number of hydrogen-bond donors (Lipinski definition) is 2. The number of piperidine rings is 1. The van der Waals surface area contributed by atoms with Gasteiger partial charge in [-0.3, -0.25) is 0 Å². The zero-order chi connectivity index (χ0) is 16.7. The lowest BCUT2D eigenvalue weighted by atomic mass is 10.0. The Morgan fingerprint density at radius 2 is 2.30 bits per heavy atom. The summed E-state index contributed by atoms with van der Waals surface area (Å²) in [5, 5.41) is 12.9. The van der Waals surface area contributed by atoms with E-state index in [1.54, 1.807) is 11.0 Å². The molecule has 1 aliphatic heterocycles. The predicted octanol–water partition coefficient (Wildman–Crippen LogP) is 3.19. The van der Waals surface area contributed by atoms with Gasteiger partial charge in [0, 0.05) is 23.7 Å². The molecular weight excluding hydrogens is 316 g/mol. The molecular formula is C17H25ClN2O3. The van der Waals surface area contributed by atoms with Gasteiger partial charge in [0.05, 0.1) is 19.3 Å². The summed E-state index contributed by atoms with van der Waals surface area (Å²) in [7, 11) is 0. The highest BCUT2D eigenvalue weighted by molar-refractivity contribution is 6.30. The van der Waals surface area contributed by atoms with Gasteiger partial charge < -0.3 is 20.1 Å². The number of urea groups is 1. The maximum absolute atomic E-state index is 12.4. The molecule has 0 radical (unpaired) electrons. The van der Waals surface area contributed by atoms with E-state index < -0.39 is 0 Å². The Labute approximate surface area is 142 Å². The molecule has 1 aliphatic rings. The number of nitrogens with one attached hydrogen (secondary N) is 1. The Morgan fingerprint density at radius 3 is 3.04 bits per heavy atom. The third kappa shape index (κ3) is 5.01. The summed E-state index contributed by atoms with van der Waals surface area (Å²) in [5.74, 6) is 0.744. The van der Waals surface area contributed by atoms with E-state index in [4.69, 9.17) is 16.3 Å². The summed E-state index contributed by atoms with van der Waals surface area (Å²) in [6, 6.07) is 5.19. The summed E-state index contributed by atoms with van der Waals surface area (Å²) < 4.78 is 5.70. The minimum Gasteiger partial charge on any atom is -0.493 e. The zero-order valence-electron chi connectivity index (χ0n) is 13.6. The van der Waals surface area contributed by atoms with Gasteiger partial charge in [0.1, 0.15) is 5.75 Å². The number of likely N-dealkylation sites (tertiary alicyclic amines) is 1. The normalized spacial score (nSPS) is 17.9. The Kier molecular flexibility index (Phi) is 6.99. The van der Waals surface area contributed by atoms with Crippen molar-refractivity contribution in [2.24, 2.45) is 0 Å². The van der Waals surface area contributed by atoms with E-state index in [-0.39, 0.29) is 18.7 Å². The first kappa shape index (κ1) is 17.9. The predicted molar refractivity (Wildman–Crippen MR) is 90.9 cm³/mol. The van der Waals surface area contributed by atoms with Gasteiger partial charge in [-0.15, -0.1) is 0 Å². The van der Waals surface area contributed by atoms with E-state index in [9.17, 15) is 9.90 Å². The van der Waals surface area contributed by atoms with Crippen LogP contribution in [0, 0.1) is 0 Å². The molecule has 0 spiro atoms. The molecule has 1 atom stereocenters. The van der Waals surface area contributed by atoms with Gasteiger partial charge in [-0.25, -0.2) is 4.79 Å². The van der Waals surface area contributed by atoms with Crippen molar-refractivity contribution in [3.05, 3.63) is 28.8 Å². The van der Waals surface area contributed by atoms with Crippen LogP contribution in [-0.2, 0) is 6.54 Å². The summed E-state index contributed by atoms with van der Waals surface area (Å²) in [6.45, 7) is 3.72. The molecule has 0 aliphatic carbocycles. The highest BCUT2D eigenvalue weighted by atomic mass is 35.5. The molecule has 2 rings (SSSR count). The van der Waals surface area contributed by atoms with Gasteiger partial charge in [0.25, 0.3) is 0 Å². The van der Waals surface area contributed by atoms with E-state index in [0.29, 0.717) is 24.7 Å². The second-order valence-corrected chi connectivity index (χ2v) is 6.22. The lowest BCUT2D eigenvalue weighted by Crippen LogP contribution is -2.49. The number of carbonyl (C=O) groups is 1. The molecule has 128 valence electrons. The molecule has 1 heterocycles. The summed E-state index contributed by atoms with van der Waals surface area (Å²) in [6.07, 6.45) is 3.80. The van der Waals surface area contributed by atoms with E-state index in [1.165, 1.54) is 0 Å². The SMILES string of the molecule is CCCOc1ccc(Cl)cc1CNC(=O)N1CCCC[C@@H]1CO. The average molecular weight is 341 g/mol. The standard InChI is InChI=1S/C17H25ClN2O3/c1-2-9-23-16-7-6-14(18)10-13(16)11-19-17(22)20-8-4-3-5-15(20)12-21/h6-7,10,15,21H,2-5,8-9,11-12H2,1H3,(H,19,22)/t15-/m1/s1. The Morgan fingerprint density at radius 1 is 1.48 bits per heavy atom. The van der Waals surface area contributed by atoms with Gasteiger partial charge in [0.15, 0.2) is 0 Å². The van der Waals surface area contributed by atoms with Crippen molar-refractivity contribution in [1.29, 1.82) is 0 Å². The highest BCUT2D eigenvalue weighted by Gasteiger charge is 2.25. The maximum atomic E-state index is 12.4. The number of aliphatic hydroxyl groups excluding tert-OH is 1. The first-order chi connectivity index (χ1) is 11.2. The molecule has 0 saturated carbocycles. The van der Waals surface area contributed by atoms with Crippen LogP contribution in [0.4, 0.5) is 4.79 Å². The molecule has 5 nitrogen and oxygen atoms in total. The van der Waals surface area contributed by atoms with Gasteiger partial charge in [-0.2, -0.15) is 0 Å². The molecule has 23 heavy (non-hydrogen) atoms. The smallest absolute Gasteiger partial charge is 0.317 e. The minimum atomic E-state index is -0.148. The number of nitrogens with zero attached hydrogens (tertiary/aromatic N) is 1. The largest absolute Gasteiger partial charge is 0.493 e. The number of benzene rings is 1. The summed E-state index contributed by atoms with van der Waals surface area (Å²) in [4.78, 5) is 14.1. The lowest BCUT2D eigenvalue weighted by Gasteiger charge is -2.34. The van der Waals surface area contributed by atoms with Crippen molar-refractivity contribution in [3.63, 3.8) is 0 Å².